The van der Waals surface area contributed by atoms with E-state index < -0.39 is 11.7 Å². The van der Waals surface area contributed by atoms with Gasteiger partial charge in [-0.05, 0) is 40.5 Å². The molecule has 1 aromatic heterocycles. The molecule has 0 bridgehead atoms. The van der Waals surface area contributed by atoms with E-state index in [1.165, 1.54) is 12.1 Å². The molecule has 1 heterocycles. The summed E-state index contributed by atoms with van der Waals surface area (Å²) in [5.41, 5.74) is 0.915. The first-order valence-corrected chi connectivity index (χ1v) is 5.43. The number of benzene rings is 1. The Labute approximate surface area is 99.0 Å². The van der Waals surface area contributed by atoms with Gasteiger partial charge in [-0.15, -0.1) is 0 Å². The van der Waals surface area contributed by atoms with Crippen molar-refractivity contribution in [1.82, 2.24) is 4.57 Å². The molecule has 0 amide bonds. The standard InChI is InChI=1S/C11H9BrF3N/c1-6-8-4-3-7(11(13,14)15)5-9(8)16(2)10(6)12/h3-5H,1-2H3. The van der Waals surface area contributed by atoms with Crippen molar-refractivity contribution in [2.24, 2.45) is 7.05 Å². The predicted octanol–water partition coefficient (Wildman–Crippen LogP) is 4.27. The maximum atomic E-state index is 12.5. The van der Waals surface area contributed by atoms with Gasteiger partial charge in [-0.1, -0.05) is 6.07 Å². The number of aryl methyl sites for hydroxylation is 2. The van der Waals surface area contributed by atoms with Gasteiger partial charge < -0.3 is 4.57 Å². The van der Waals surface area contributed by atoms with Crippen molar-refractivity contribution in [2.75, 3.05) is 0 Å². The molecule has 0 saturated heterocycles. The van der Waals surface area contributed by atoms with Gasteiger partial charge >= 0.3 is 6.18 Å². The van der Waals surface area contributed by atoms with Crippen LogP contribution in [0.5, 0.6) is 0 Å². The molecule has 0 aliphatic rings. The van der Waals surface area contributed by atoms with Crippen molar-refractivity contribution in [2.45, 2.75) is 13.1 Å². The zero-order valence-electron chi connectivity index (χ0n) is 8.69. The quantitative estimate of drug-likeness (QED) is 0.683. The number of hydrogen-bond donors (Lipinski definition) is 0. The van der Waals surface area contributed by atoms with Gasteiger partial charge in [-0.25, -0.2) is 0 Å². The molecule has 16 heavy (non-hydrogen) atoms. The monoisotopic (exact) mass is 291 g/mol. The van der Waals surface area contributed by atoms with Crippen LogP contribution in [0.15, 0.2) is 22.8 Å². The molecule has 0 N–H and O–H groups in total. The topological polar surface area (TPSA) is 4.93 Å². The highest BCUT2D eigenvalue weighted by Gasteiger charge is 2.31. The van der Waals surface area contributed by atoms with E-state index >= 15 is 0 Å². The lowest BCUT2D eigenvalue weighted by Crippen LogP contribution is -2.04. The zero-order chi connectivity index (χ0) is 12.1. The number of aromatic nitrogens is 1. The lowest BCUT2D eigenvalue weighted by Gasteiger charge is -2.07. The molecule has 86 valence electrons. The van der Waals surface area contributed by atoms with E-state index in [0.717, 1.165) is 21.6 Å². The highest BCUT2D eigenvalue weighted by molar-refractivity contribution is 9.10. The van der Waals surface area contributed by atoms with Crippen LogP contribution in [-0.4, -0.2) is 4.57 Å². The second-order valence-electron chi connectivity index (χ2n) is 3.70. The maximum absolute atomic E-state index is 12.5. The largest absolute Gasteiger partial charge is 0.416 e. The highest BCUT2D eigenvalue weighted by Crippen LogP contribution is 2.34. The van der Waals surface area contributed by atoms with Crippen LogP contribution < -0.4 is 0 Å². The van der Waals surface area contributed by atoms with Crippen molar-refractivity contribution in [3.05, 3.63) is 33.9 Å². The second-order valence-corrected chi connectivity index (χ2v) is 4.46. The number of alkyl halides is 3. The van der Waals surface area contributed by atoms with Crippen LogP contribution in [0.4, 0.5) is 13.2 Å². The van der Waals surface area contributed by atoms with Crippen LogP contribution in [-0.2, 0) is 13.2 Å². The van der Waals surface area contributed by atoms with Crippen LogP contribution in [0, 0.1) is 6.92 Å². The molecule has 0 saturated carbocycles. The van der Waals surface area contributed by atoms with Crippen molar-refractivity contribution in [3.63, 3.8) is 0 Å². The third-order valence-corrected chi connectivity index (χ3v) is 3.82. The third kappa shape index (κ3) is 1.63. The van der Waals surface area contributed by atoms with E-state index in [1.807, 2.05) is 6.92 Å². The van der Waals surface area contributed by atoms with Crippen LogP contribution in [0.1, 0.15) is 11.1 Å². The first-order valence-electron chi connectivity index (χ1n) is 4.64. The minimum absolute atomic E-state index is 0.583. The molecule has 0 aliphatic heterocycles. The molecule has 1 aromatic carbocycles. The summed E-state index contributed by atoms with van der Waals surface area (Å²) in [7, 11) is 1.74. The van der Waals surface area contributed by atoms with Gasteiger partial charge in [0.2, 0.25) is 0 Å². The number of rotatable bonds is 0. The van der Waals surface area contributed by atoms with E-state index in [4.69, 9.17) is 0 Å². The summed E-state index contributed by atoms with van der Waals surface area (Å²) in [5.74, 6) is 0. The molecule has 0 fully saturated rings. The Balaban J connectivity index is 2.77. The molecule has 0 radical (unpaired) electrons. The average molecular weight is 292 g/mol. The first-order chi connectivity index (χ1) is 7.32. The van der Waals surface area contributed by atoms with Crippen molar-refractivity contribution in [1.29, 1.82) is 0 Å². The lowest BCUT2D eigenvalue weighted by molar-refractivity contribution is -0.137. The average Bonchev–Trinajstić information content (AvgIpc) is 2.43. The summed E-state index contributed by atoms with van der Waals surface area (Å²) in [6.45, 7) is 1.87. The van der Waals surface area contributed by atoms with Gasteiger partial charge in [0, 0.05) is 18.0 Å². The first kappa shape index (κ1) is 11.5. The van der Waals surface area contributed by atoms with Crippen molar-refractivity contribution >= 4 is 26.8 Å². The molecule has 1 nitrogen and oxygen atoms in total. The summed E-state index contributed by atoms with van der Waals surface area (Å²) < 4.78 is 40.1. The van der Waals surface area contributed by atoms with E-state index in [9.17, 15) is 13.2 Å². The fourth-order valence-corrected chi connectivity index (χ4v) is 2.18. The van der Waals surface area contributed by atoms with E-state index in [1.54, 1.807) is 11.6 Å². The molecular formula is C11H9BrF3N. The van der Waals surface area contributed by atoms with E-state index in [2.05, 4.69) is 15.9 Å². The summed E-state index contributed by atoms with van der Waals surface area (Å²) in [6.07, 6.45) is -4.29. The Morgan fingerprint density at radius 3 is 2.44 bits per heavy atom. The van der Waals surface area contributed by atoms with Gasteiger partial charge in [-0.2, -0.15) is 13.2 Å². The minimum atomic E-state index is -4.29. The zero-order valence-corrected chi connectivity index (χ0v) is 10.3. The van der Waals surface area contributed by atoms with E-state index in [0.29, 0.717) is 5.52 Å². The smallest absolute Gasteiger partial charge is 0.338 e. The van der Waals surface area contributed by atoms with Crippen LogP contribution in [0.25, 0.3) is 10.9 Å². The predicted molar refractivity (Wildman–Crippen MR) is 60.4 cm³/mol. The van der Waals surface area contributed by atoms with Crippen LogP contribution in [0.2, 0.25) is 0 Å². The third-order valence-electron chi connectivity index (χ3n) is 2.69. The minimum Gasteiger partial charge on any atom is -0.338 e. The summed E-state index contributed by atoms with van der Waals surface area (Å²) in [5, 5.41) is 0.836. The Kier molecular flexibility index (Phi) is 2.53. The molecule has 0 unspecified atom stereocenters. The van der Waals surface area contributed by atoms with Gasteiger partial charge in [-0.3, -0.25) is 0 Å². The van der Waals surface area contributed by atoms with Crippen LogP contribution >= 0.6 is 15.9 Å². The van der Waals surface area contributed by atoms with E-state index in [-0.39, 0.29) is 0 Å². The SMILES string of the molecule is Cc1c(Br)n(C)c2cc(C(F)(F)F)ccc12. The molecule has 0 spiro atoms. The second kappa shape index (κ2) is 3.52. The number of nitrogens with zero attached hydrogens (tertiary/aromatic N) is 1. The highest BCUT2D eigenvalue weighted by atomic mass is 79.9. The molecule has 5 heteroatoms. The fourth-order valence-electron chi connectivity index (χ4n) is 1.77. The summed E-state index contributed by atoms with van der Waals surface area (Å²) in [4.78, 5) is 0. The maximum Gasteiger partial charge on any atom is 0.416 e. The lowest BCUT2D eigenvalue weighted by atomic mass is 10.1. The van der Waals surface area contributed by atoms with Gasteiger partial charge in [0.1, 0.15) is 0 Å². The Bertz CT molecular complexity index is 554. The number of halogens is 4. The summed E-state index contributed by atoms with van der Waals surface area (Å²) in [6, 6.07) is 3.80. The van der Waals surface area contributed by atoms with Crippen LogP contribution in [0.3, 0.4) is 0 Å². The molecule has 0 atom stereocenters. The van der Waals surface area contributed by atoms with Crippen molar-refractivity contribution < 1.29 is 13.2 Å². The normalized spacial score (nSPS) is 12.4. The molecule has 2 rings (SSSR count). The van der Waals surface area contributed by atoms with Gasteiger partial charge in [0.05, 0.1) is 10.2 Å². The molecule has 0 aliphatic carbocycles. The van der Waals surface area contributed by atoms with Crippen molar-refractivity contribution in [3.8, 4) is 0 Å². The Morgan fingerprint density at radius 1 is 1.25 bits per heavy atom. The number of fused-ring (bicyclic) bond motifs is 1. The van der Waals surface area contributed by atoms with Gasteiger partial charge in [0.15, 0.2) is 0 Å². The summed E-state index contributed by atoms with van der Waals surface area (Å²) >= 11 is 3.35. The number of hydrogen-bond acceptors (Lipinski definition) is 0. The molecular weight excluding hydrogens is 283 g/mol. The Hall–Kier alpha value is -0.970. The molecule has 2 aromatic rings. The Morgan fingerprint density at radius 2 is 1.88 bits per heavy atom. The van der Waals surface area contributed by atoms with Gasteiger partial charge in [0.25, 0.3) is 0 Å². The fraction of sp³-hybridized carbons (Fsp3) is 0.273.